The number of tetrazole rings is 1. The van der Waals surface area contributed by atoms with E-state index in [9.17, 15) is 4.79 Å². The lowest BCUT2D eigenvalue weighted by Gasteiger charge is -2.56. The van der Waals surface area contributed by atoms with Crippen molar-refractivity contribution in [2.24, 2.45) is 23.2 Å². The van der Waals surface area contributed by atoms with Gasteiger partial charge in [-0.1, -0.05) is 11.8 Å². The second-order valence-electron chi connectivity index (χ2n) is 8.82. The van der Waals surface area contributed by atoms with Crippen molar-refractivity contribution in [3.05, 3.63) is 18.2 Å². The van der Waals surface area contributed by atoms with Crippen molar-refractivity contribution in [2.45, 2.75) is 43.7 Å². The Kier molecular flexibility index (Phi) is 3.73. The minimum Gasteiger partial charge on any atom is -0.454 e. The molecule has 146 valence electrons. The van der Waals surface area contributed by atoms with Gasteiger partial charge in [-0.15, -0.1) is 5.10 Å². The highest BCUT2D eigenvalue weighted by atomic mass is 32.2. The molecule has 2 aromatic rings. The van der Waals surface area contributed by atoms with Crippen molar-refractivity contribution in [3.8, 4) is 17.2 Å². The van der Waals surface area contributed by atoms with Crippen LogP contribution in [0.2, 0.25) is 0 Å². The van der Waals surface area contributed by atoms with E-state index >= 15 is 0 Å². The van der Waals surface area contributed by atoms with Gasteiger partial charge in [0, 0.05) is 11.5 Å². The van der Waals surface area contributed by atoms with Crippen LogP contribution in [0.1, 0.15) is 38.5 Å². The number of hydrogen-bond acceptors (Lipinski definition) is 7. The lowest BCUT2D eigenvalue weighted by Crippen LogP contribution is -2.50. The van der Waals surface area contributed by atoms with E-state index in [4.69, 9.17) is 9.47 Å². The molecule has 0 N–H and O–H groups in total. The molecule has 1 aromatic heterocycles. The van der Waals surface area contributed by atoms with Gasteiger partial charge >= 0.3 is 0 Å². The lowest BCUT2D eigenvalue weighted by atomic mass is 9.48. The quantitative estimate of drug-likeness (QED) is 0.715. The topological polar surface area (TPSA) is 79.1 Å². The van der Waals surface area contributed by atoms with Crippen LogP contribution in [-0.2, 0) is 4.79 Å². The standard InChI is InChI=1S/C20H22N4O3S/c25-18(20-7-12-3-13(8-20)5-14(4-12)9-20)10-28-19-21-22-23-24(19)15-1-2-16-17(6-15)27-11-26-16/h1-2,6,12-14H,3-5,7-11H2. The molecular formula is C20H22N4O3S. The fraction of sp³-hybridized carbons (Fsp3) is 0.600. The maximum Gasteiger partial charge on any atom is 0.231 e. The van der Waals surface area contributed by atoms with E-state index in [0.29, 0.717) is 22.4 Å². The zero-order valence-electron chi connectivity index (χ0n) is 15.5. The fourth-order valence-electron chi connectivity index (χ4n) is 6.18. The molecule has 0 saturated heterocycles. The molecule has 0 atom stereocenters. The monoisotopic (exact) mass is 398 g/mol. The van der Waals surface area contributed by atoms with Gasteiger partial charge in [-0.25, -0.2) is 0 Å². The van der Waals surface area contributed by atoms with Gasteiger partial charge in [-0.3, -0.25) is 4.79 Å². The highest BCUT2D eigenvalue weighted by Crippen LogP contribution is 2.60. The van der Waals surface area contributed by atoms with Crippen LogP contribution < -0.4 is 9.47 Å². The van der Waals surface area contributed by atoms with E-state index in [1.807, 2.05) is 18.2 Å². The van der Waals surface area contributed by atoms with E-state index in [1.165, 1.54) is 31.0 Å². The van der Waals surface area contributed by atoms with Gasteiger partial charge in [0.05, 0.1) is 11.4 Å². The van der Waals surface area contributed by atoms with Crippen LogP contribution in [0.3, 0.4) is 0 Å². The summed E-state index contributed by atoms with van der Waals surface area (Å²) in [5.74, 6) is 4.59. The lowest BCUT2D eigenvalue weighted by molar-refractivity contribution is -0.141. The molecule has 4 aliphatic carbocycles. The first kappa shape index (κ1) is 16.8. The molecule has 7 rings (SSSR count). The molecule has 0 radical (unpaired) electrons. The molecule has 2 heterocycles. The molecule has 0 spiro atoms. The Hall–Kier alpha value is -2.09. The molecule has 1 aromatic carbocycles. The van der Waals surface area contributed by atoms with E-state index in [-0.39, 0.29) is 12.2 Å². The highest BCUT2D eigenvalue weighted by Gasteiger charge is 2.54. The van der Waals surface area contributed by atoms with Crippen LogP contribution in [0.4, 0.5) is 0 Å². The molecule has 4 saturated carbocycles. The second kappa shape index (κ2) is 6.20. The summed E-state index contributed by atoms with van der Waals surface area (Å²) in [5.41, 5.74) is 0.734. The Balaban J connectivity index is 1.19. The summed E-state index contributed by atoms with van der Waals surface area (Å²) in [7, 11) is 0. The predicted octanol–water partition coefficient (Wildman–Crippen LogP) is 3.27. The molecule has 4 fully saturated rings. The fourth-order valence-corrected chi connectivity index (χ4v) is 7.11. The maximum atomic E-state index is 13.3. The van der Waals surface area contributed by atoms with Crippen LogP contribution in [0, 0.1) is 23.2 Å². The predicted molar refractivity (Wildman–Crippen MR) is 102 cm³/mol. The molecule has 0 unspecified atom stereocenters. The van der Waals surface area contributed by atoms with Crippen molar-refractivity contribution < 1.29 is 14.3 Å². The summed E-state index contributed by atoms with van der Waals surface area (Å²) in [5, 5.41) is 12.7. The van der Waals surface area contributed by atoms with Crippen LogP contribution >= 0.6 is 11.8 Å². The van der Waals surface area contributed by atoms with Gasteiger partial charge in [0.2, 0.25) is 11.9 Å². The minimum absolute atomic E-state index is 0.0707. The molecule has 4 bridgehead atoms. The molecule has 5 aliphatic rings. The van der Waals surface area contributed by atoms with E-state index < -0.39 is 0 Å². The van der Waals surface area contributed by atoms with Crippen LogP contribution in [-0.4, -0.2) is 38.5 Å². The smallest absolute Gasteiger partial charge is 0.231 e. The number of hydrogen-bond donors (Lipinski definition) is 0. The van der Waals surface area contributed by atoms with E-state index in [1.54, 1.807) is 4.68 Å². The van der Waals surface area contributed by atoms with Crippen molar-refractivity contribution in [2.75, 3.05) is 12.5 Å². The van der Waals surface area contributed by atoms with Gasteiger partial charge in [-0.2, -0.15) is 4.68 Å². The van der Waals surface area contributed by atoms with Crippen LogP contribution in [0.25, 0.3) is 5.69 Å². The van der Waals surface area contributed by atoms with Gasteiger partial charge < -0.3 is 9.47 Å². The first-order valence-electron chi connectivity index (χ1n) is 10.0. The first-order valence-corrected chi connectivity index (χ1v) is 11.0. The van der Waals surface area contributed by atoms with E-state index in [2.05, 4.69) is 15.5 Å². The Morgan fingerprint density at radius 2 is 1.82 bits per heavy atom. The second-order valence-corrected chi connectivity index (χ2v) is 9.76. The normalized spacial score (nSPS) is 32.1. The Morgan fingerprint density at radius 1 is 1.11 bits per heavy atom. The summed E-state index contributed by atoms with van der Waals surface area (Å²) in [6.45, 7) is 0.232. The zero-order valence-corrected chi connectivity index (χ0v) is 16.4. The Morgan fingerprint density at radius 3 is 2.57 bits per heavy atom. The zero-order chi connectivity index (χ0) is 18.7. The minimum atomic E-state index is -0.0707. The molecule has 0 amide bonds. The Labute approximate surface area is 167 Å². The number of ether oxygens (including phenoxy) is 2. The van der Waals surface area contributed by atoms with Crippen LogP contribution in [0.5, 0.6) is 11.5 Å². The van der Waals surface area contributed by atoms with Crippen LogP contribution in [0.15, 0.2) is 23.4 Å². The number of nitrogens with zero attached hydrogens (tertiary/aromatic N) is 4. The van der Waals surface area contributed by atoms with Gasteiger partial charge in [0.25, 0.3) is 0 Å². The number of carbonyl (C=O) groups is 1. The number of carbonyl (C=O) groups excluding carboxylic acids is 1. The Bertz CT molecular complexity index is 908. The molecule has 8 heteroatoms. The van der Waals surface area contributed by atoms with Crippen molar-refractivity contribution in [1.82, 2.24) is 20.2 Å². The SMILES string of the molecule is O=C(CSc1nnnn1-c1ccc2c(c1)OCO2)C12CC3CC(CC(C3)C1)C2. The number of fused-ring (bicyclic) bond motifs is 1. The van der Waals surface area contributed by atoms with Gasteiger partial charge in [0.15, 0.2) is 11.5 Å². The average Bonchev–Trinajstić information content (AvgIpc) is 3.33. The summed E-state index contributed by atoms with van der Waals surface area (Å²) < 4.78 is 12.5. The average molecular weight is 398 g/mol. The van der Waals surface area contributed by atoms with E-state index in [0.717, 1.165) is 48.5 Å². The summed E-state index contributed by atoms with van der Waals surface area (Å²) in [4.78, 5) is 13.3. The first-order chi connectivity index (χ1) is 13.7. The summed E-state index contributed by atoms with van der Waals surface area (Å²) in [6.07, 6.45) is 7.36. The molecule has 7 nitrogen and oxygen atoms in total. The largest absolute Gasteiger partial charge is 0.454 e. The number of ketones is 1. The maximum absolute atomic E-state index is 13.3. The molecule has 28 heavy (non-hydrogen) atoms. The third kappa shape index (κ3) is 2.64. The molecule has 1 aliphatic heterocycles. The van der Waals surface area contributed by atoms with Crippen molar-refractivity contribution in [1.29, 1.82) is 0 Å². The van der Waals surface area contributed by atoms with Gasteiger partial charge in [0.1, 0.15) is 5.78 Å². The number of aromatic nitrogens is 4. The number of Topliss-reactive ketones (excluding diaryl/α,β-unsaturated/α-hetero) is 1. The van der Waals surface area contributed by atoms with Crippen molar-refractivity contribution >= 4 is 17.5 Å². The summed E-state index contributed by atoms with van der Waals surface area (Å²) in [6, 6.07) is 5.62. The number of thioether (sulfide) groups is 1. The van der Waals surface area contributed by atoms with Gasteiger partial charge in [-0.05, 0) is 78.8 Å². The highest BCUT2D eigenvalue weighted by molar-refractivity contribution is 7.99. The van der Waals surface area contributed by atoms with Crippen molar-refractivity contribution in [3.63, 3.8) is 0 Å². The third-order valence-corrected chi connectivity index (χ3v) is 7.92. The number of benzene rings is 1. The molecular weight excluding hydrogens is 376 g/mol. The third-order valence-electron chi connectivity index (χ3n) is 7.00. The summed E-state index contributed by atoms with van der Waals surface area (Å²) >= 11 is 1.44. The number of rotatable bonds is 5.